The van der Waals surface area contributed by atoms with E-state index in [4.69, 9.17) is 11.6 Å². The van der Waals surface area contributed by atoms with Gasteiger partial charge in [-0.05, 0) is 25.5 Å². The highest BCUT2D eigenvalue weighted by molar-refractivity contribution is 6.31. The highest BCUT2D eigenvalue weighted by Crippen LogP contribution is 2.27. The molecule has 0 saturated carbocycles. The average molecular weight is 240 g/mol. The summed E-state index contributed by atoms with van der Waals surface area (Å²) in [7, 11) is 0. The second-order valence-electron chi connectivity index (χ2n) is 4.38. The molecule has 88 valence electrons. The molecule has 2 N–H and O–H groups in total. The summed E-state index contributed by atoms with van der Waals surface area (Å²) in [6, 6.07) is 7.68. The van der Waals surface area contributed by atoms with Gasteiger partial charge < -0.3 is 10.4 Å². The van der Waals surface area contributed by atoms with Gasteiger partial charge in [0.05, 0.1) is 6.10 Å². The maximum Gasteiger partial charge on any atom is 0.0957 e. The maximum absolute atomic E-state index is 10.3. The zero-order valence-corrected chi connectivity index (χ0v) is 10.1. The van der Waals surface area contributed by atoms with Gasteiger partial charge in [0.25, 0.3) is 0 Å². The van der Waals surface area contributed by atoms with E-state index >= 15 is 0 Å². The molecule has 1 fully saturated rings. The Morgan fingerprint density at radius 3 is 2.88 bits per heavy atom. The molecular weight excluding hydrogens is 222 g/mol. The smallest absolute Gasteiger partial charge is 0.0957 e. The highest BCUT2D eigenvalue weighted by atomic mass is 35.5. The molecule has 1 aliphatic heterocycles. The van der Waals surface area contributed by atoms with E-state index in [1.807, 2.05) is 24.3 Å². The molecule has 1 aliphatic rings. The van der Waals surface area contributed by atoms with Gasteiger partial charge in [0, 0.05) is 16.6 Å². The molecule has 0 spiro atoms. The zero-order chi connectivity index (χ0) is 11.4. The normalized spacial score (nSPS) is 23.8. The first-order valence-corrected chi connectivity index (χ1v) is 6.32. The van der Waals surface area contributed by atoms with Gasteiger partial charge in [-0.25, -0.2) is 0 Å². The first kappa shape index (κ1) is 11.9. The first-order chi connectivity index (χ1) is 7.79. The van der Waals surface area contributed by atoms with Gasteiger partial charge in [0.1, 0.15) is 0 Å². The number of hydrogen-bond donors (Lipinski definition) is 2. The van der Waals surface area contributed by atoms with Crippen molar-refractivity contribution in [1.82, 2.24) is 5.32 Å². The van der Waals surface area contributed by atoms with Gasteiger partial charge in [-0.1, -0.05) is 42.6 Å². The molecule has 2 unspecified atom stereocenters. The Kier molecular flexibility index (Phi) is 4.22. The summed E-state index contributed by atoms with van der Waals surface area (Å²) in [5.74, 6) is 0. The average Bonchev–Trinajstić information content (AvgIpc) is 2.57. The second kappa shape index (κ2) is 5.67. The monoisotopic (exact) mass is 239 g/mol. The van der Waals surface area contributed by atoms with Crippen molar-refractivity contribution in [2.24, 2.45) is 0 Å². The number of benzene rings is 1. The summed E-state index contributed by atoms with van der Waals surface area (Å²) in [6.45, 7) is 0.992. The molecular formula is C13H18ClNO. The van der Waals surface area contributed by atoms with Crippen LogP contribution in [0.25, 0.3) is 0 Å². The standard InChI is InChI=1S/C13H18ClNO/c14-11-7-4-3-6-10(11)13(16)12-8-2-1-5-9-15-12/h3-4,6-7,12-13,15-16H,1-2,5,8-9H2. The number of nitrogens with one attached hydrogen (secondary N) is 1. The van der Waals surface area contributed by atoms with E-state index < -0.39 is 6.10 Å². The van der Waals surface area contributed by atoms with Gasteiger partial charge in [0.15, 0.2) is 0 Å². The van der Waals surface area contributed by atoms with E-state index in [0.29, 0.717) is 5.02 Å². The lowest BCUT2D eigenvalue weighted by Crippen LogP contribution is -2.34. The van der Waals surface area contributed by atoms with Crippen LogP contribution in [-0.4, -0.2) is 17.7 Å². The van der Waals surface area contributed by atoms with E-state index in [9.17, 15) is 5.11 Å². The molecule has 0 aliphatic carbocycles. The third kappa shape index (κ3) is 2.76. The van der Waals surface area contributed by atoms with Crippen LogP contribution in [0.2, 0.25) is 5.02 Å². The molecule has 3 heteroatoms. The molecule has 0 bridgehead atoms. The fourth-order valence-corrected chi connectivity index (χ4v) is 2.50. The van der Waals surface area contributed by atoms with Crippen LogP contribution in [-0.2, 0) is 0 Å². The Bertz CT molecular complexity index is 334. The van der Waals surface area contributed by atoms with Crippen LogP contribution >= 0.6 is 11.6 Å². The number of rotatable bonds is 2. The van der Waals surface area contributed by atoms with Crippen LogP contribution < -0.4 is 5.32 Å². The molecule has 0 radical (unpaired) electrons. The fourth-order valence-electron chi connectivity index (χ4n) is 2.26. The Balaban J connectivity index is 2.11. The van der Waals surface area contributed by atoms with Crippen molar-refractivity contribution < 1.29 is 5.11 Å². The van der Waals surface area contributed by atoms with Crippen LogP contribution in [0.15, 0.2) is 24.3 Å². The Hall–Kier alpha value is -0.570. The summed E-state index contributed by atoms with van der Waals surface area (Å²) in [6.07, 6.45) is 4.16. The summed E-state index contributed by atoms with van der Waals surface area (Å²) >= 11 is 6.09. The number of hydrogen-bond acceptors (Lipinski definition) is 2. The summed E-state index contributed by atoms with van der Waals surface area (Å²) in [5.41, 5.74) is 0.837. The quantitative estimate of drug-likeness (QED) is 0.832. The molecule has 2 atom stereocenters. The summed E-state index contributed by atoms with van der Waals surface area (Å²) in [5, 5.41) is 14.4. The van der Waals surface area contributed by atoms with Gasteiger partial charge in [-0.15, -0.1) is 0 Å². The van der Waals surface area contributed by atoms with Crippen molar-refractivity contribution >= 4 is 11.6 Å². The fraction of sp³-hybridized carbons (Fsp3) is 0.538. The largest absolute Gasteiger partial charge is 0.387 e. The third-order valence-electron chi connectivity index (χ3n) is 3.20. The SMILES string of the molecule is OC(c1ccccc1Cl)C1CCCCCN1. The number of halogens is 1. The third-order valence-corrected chi connectivity index (χ3v) is 3.55. The van der Waals surface area contributed by atoms with E-state index in [-0.39, 0.29) is 6.04 Å². The van der Waals surface area contributed by atoms with Gasteiger partial charge in [-0.2, -0.15) is 0 Å². The van der Waals surface area contributed by atoms with Crippen molar-refractivity contribution in [3.8, 4) is 0 Å². The van der Waals surface area contributed by atoms with Crippen molar-refractivity contribution in [2.45, 2.75) is 37.8 Å². The molecule has 2 nitrogen and oxygen atoms in total. The molecule has 1 saturated heterocycles. The molecule has 1 heterocycles. The molecule has 0 amide bonds. The van der Waals surface area contributed by atoms with Crippen LogP contribution in [0.5, 0.6) is 0 Å². The molecule has 2 rings (SSSR count). The van der Waals surface area contributed by atoms with Crippen LogP contribution in [0, 0.1) is 0 Å². The molecule has 1 aromatic rings. The van der Waals surface area contributed by atoms with Gasteiger partial charge >= 0.3 is 0 Å². The van der Waals surface area contributed by atoms with E-state index in [2.05, 4.69) is 5.32 Å². The summed E-state index contributed by atoms with van der Waals surface area (Å²) < 4.78 is 0. The second-order valence-corrected chi connectivity index (χ2v) is 4.78. The highest BCUT2D eigenvalue weighted by Gasteiger charge is 2.23. The Morgan fingerprint density at radius 2 is 2.06 bits per heavy atom. The van der Waals surface area contributed by atoms with Crippen LogP contribution in [0.1, 0.15) is 37.4 Å². The van der Waals surface area contributed by atoms with Crippen LogP contribution in [0.3, 0.4) is 0 Å². The predicted octanol–water partition coefficient (Wildman–Crippen LogP) is 2.91. The Labute approximate surface area is 102 Å². The van der Waals surface area contributed by atoms with Crippen LogP contribution in [0.4, 0.5) is 0 Å². The van der Waals surface area contributed by atoms with Crippen molar-refractivity contribution in [1.29, 1.82) is 0 Å². The lowest BCUT2D eigenvalue weighted by Gasteiger charge is -2.23. The molecule has 16 heavy (non-hydrogen) atoms. The zero-order valence-electron chi connectivity index (χ0n) is 9.32. The minimum absolute atomic E-state index is 0.141. The van der Waals surface area contributed by atoms with Gasteiger partial charge in [0.2, 0.25) is 0 Å². The maximum atomic E-state index is 10.3. The number of aliphatic hydroxyl groups excluding tert-OH is 1. The van der Waals surface area contributed by atoms with E-state index in [1.165, 1.54) is 19.3 Å². The molecule has 1 aromatic carbocycles. The minimum Gasteiger partial charge on any atom is -0.387 e. The first-order valence-electron chi connectivity index (χ1n) is 5.95. The Morgan fingerprint density at radius 1 is 1.25 bits per heavy atom. The molecule has 0 aromatic heterocycles. The van der Waals surface area contributed by atoms with E-state index in [0.717, 1.165) is 18.5 Å². The van der Waals surface area contributed by atoms with Crippen molar-refractivity contribution in [2.75, 3.05) is 6.54 Å². The predicted molar refractivity (Wildman–Crippen MR) is 66.7 cm³/mol. The van der Waals surface area contributed by atoms with E-state index in [1.54, 1.807) is 0 Å². The van der Waals surface area contributed by atoms with Crippen molar-refractivity contribution in [3.63, 3.8) is 0 Å². The lowest BCUT2D eigenvalue weighted by molar-refractivity contribution is 0.126. The van der Waals surface area contributed by atoms with Crippen molar-refractivity contribution in [3.05, 3.63) is 34.9 Å². The summed E-state index contributed by atoms with van der Waals surface area (Å²) in [4.78, 5) is 0. The topological polar surface area (TPSA) is 32.3 Å². The van der Waals surface area contributed by atoms with Gasteiger partial charge in [-0.3, -0.25) is 0 Å². The minimum atomic E-state index is -0.494. The lowest BCUT2D eigenvalue weighted by atomic mass is 9.98. The number of aliphatic hydroxyl groups is 1.